The van der Waals surface area contributed by atoms with Crippen LogP contribution in [0, 0.1) is 0 Å². The summed E-state index contributed by atoms with van der Waals surface area (Å²) in [5.74, 6) is 0. The molecule has 0 aliphatic carbocycles. The van der Waals surface area contributed by atoms with E-state index in [0.29, 0.717) is 6.42 Å². The zero-order valence-electron chi connectivity index (χ0n) is 9.22. The number of hydrogen-bond acceptors (Lipinski definition) is 3. The van der Waals surface area contributed by atoms with E-state index in [4.69, 9.17) is 20.1 Å². The minimum absolute atomic E-state index is 0.106. The van der Waals surface area contributed by atoms with Crippen molar-refractivity contribution in [2.75, 3.05) is 6.61 Å². The smallest absolute Gasteiger partial charge is 0.450 e. The Hall–Kier alpha value is -0.810. The molecule has 4 N–H and O–H groups in total. The van der Waals surface area contributed by atoms with Crippen LogP contribution >= 0.6 is 0 Å². The van der Waals surface area contributed by atoms with E-state index in [-0.39, 0.29) is 12.7 Å². The third kappa shape index (κ3) is 24.6. The fourth-order valence-corrected chi connectivity index (χ4v) is 1.10. The molecule has 0 rings (SSSR count). The molecule has 92 valence electrons. The van der Waals surface area contributed by atoms with Crippen molar-refractivity contribution in [1.82, 2.24) is 0 Å². The zero-order chi connectivity index (χ0) is 12.1. The lowest BCUT2D eigenvalue weighted by atomic mass is 10.1. The van der Waals surface area contributed by atoms with Crippen molar-refractivity contribution in [3.8, 4) is 0 Å². The van der Waals surface area contributed by atoms with Crippen molar-refractivity contribution >= 4 is 6.16 Å². The molecule has 5 nitrogen and oxygen atoms in total. The first-order valence-electron chi connectivity index (χ1n) is 5.25. The normalized spacial score (nSPS) is 11.4. The molecular weight excluding hydrogens is 200 g/mol. The average molecular weight is 222 g/mol. The van der Waals surface area contributed by atoms with E-state index in [9.17, 15) is 5.11 Å². The van der Waals surface area contributed by atoms with Gasteiger partial charge in [-0.25, -0.2) is 4.79 Å². The Kier molecular flexibility index (Phi) is 14.6. The van der Waals surface area contributed by atoms with Gasteiger partial charge in [0.1, 0.15) is 0 Å². The van der Waals surface area contributed by atoms with Gasteiger partial charge in [0.25, 0.3) is 0 Å². The van der Waals surface area contributed by atoms with Crippen molar-refractivity contribution < 1.29 is 25.2 Å². The summed E-state index contributed by atoms with van der Waals surface area (Å²) in [6.07, 6.45) is 4.06. The minimum atomic E-state index is -1.83. The monoisotopic (exact) mass is 222 g/mol. The van der Waals surface area contributed by atoms with E-state index in [1.807, 2.05) is 0 Å². The van der Waals surface area contributed by atoms with Crippen LogP contribution in [-0.2, 0) is 0 Å². The molecule has 5 heteroatoms. The fourth-order valence-electron chi connectivity index (χ4n) is 1.10. The van der Waals surface area contributed by atoms with Gasteiger partial charge in [0.05, 0.1) is 6.10 Å². The van der Waals surface area contributed by atoms with Crippen LogP contribution in [0.5, 0.6) is 0 Å². The molecule has 1 unspecified atom stereocenters. The summed E-state index contributed by atoms with van der Waals surface area (Å²) in [5, 5.41) is 31.6. The second-order valence-corrected chi connectivity index (χ2v) is 3.30. The average Bonchev–Trinajstić information content (AvgIpc) is 2.12. The number of aliphatic hydroxyl groups excluding tert-OH is 2. The third-order valence-electron chi connectivity index (χ3n) is 1.85. The van der Waals surface area contributed by atoms with Gasteiger partial charge in [0.15, 0.2) is 0 Å². The highest BCUT2D eigenvalue weighted by Gasteiger charge is 2.01. The first kappa shape index (κ1) is 16.6. The Bertz CT molecular complexity index is 134. The molecule has 1 atom stereocenters. The van der Waals surface area contributed by atoms with Gasteiger partial charge in [-0.15, -0.1) is 0 Å². The van der Waals surface area contributed by atoms with Crippen molar-refractivity contribution in [3.63, 3.8) is 0 Å². The maximum atomic E-state index is 9.19. The highest BCUT2D eigenvalue weighted by molar-refractivity contribution is 5.53. The molecule has 15 heavy (non-hydrogen) atoms. The summed E-state index contributed by atoms with van der Waals surface area (Å²) in [6, 6.07) is 0. The third-order valence-corrected chi connectivity index (χ3v) is 1.85. The predicted molar refractivity (Wildman–Crippen MR) is 57.1 cm³/mol. The van der Waals surface area contributed by atoms with E-state index < -0.39 is 6.16 Å². The summed E-state index contributed by atoms with van der Waals surface area (Å²) in [7, 11) is 0. The van der Waals surface area contributed by atoms with Crippen molar-refractivity contribution in [1.29, 1.82) is 0 Å². The Morgan fingerprint density at radius 2 is 1.67 bits per heavy atom. The van der Waals surface area contributed by atoms with E-state index in [2.05, 4.69) is 6.92 Å². The van der Waals surface area contributed by atoms with Gasteiger partial charge in [0.2, 0.25) is 0 Å². The molecule has 0 aromatic carbocycles. The summed E-state index contributed by atoms with van der Waals surface area (Å²) in [4.78, 5) is 8.56. The van der Waals surface area contributed by atoms with Crippen molar-refractivity contribution in [3.05, 3.63) is 0 Å². The molecule has 0 aromatic rings. The molecule has 0 fully saturated rings. The van der Waals surface area contributed by atoms with Crippen LogP contribution in [0.25, 0.3) is 0 Å². The van der Waals surface area contributed by atoms with E-state index in [0.717, 1.165) is 12.8 Å². The summed E-state index contributed by atoms with van der Waals surface area (Å²) in [6.45, 7) is 2.28. The lowest BCUT2D eigenvalue weighted by Gasteiger charge is -2.07. The number of rotatable bonds is 7. The van der Waals surface area contributed by atoms with Crippen LogP contribution in [0.1, 0.15) is 45.4 Å². The molecule has 0 spiro atoms. The predicted octanol–water partition coefficient (Wildman–Crippen LogP) is 1.92. The lowest BCUT2D eigenvalue weighted by molar-refractivity contribution is 0.122. The minimum Gasteiger partial charge on any atom is -0.450 e. The largest absolute Gasteiger partial charge is 0.503 e. The summed E-state index contributed by atoms with van der Waals surface area (Å²) >= 11 is 0. The van der Waals surface area contributed by atoms with E-state index >= 15 is 0 Å². The van der Waals surface area contributed by atoms with Crippen LogP contribution < -0.4 is 0 Å². The SMILES string of the molecule is CCCCCCC(O)CCO.O=C(O)O. The number of hydrogen-bond donors (Lipinski definition) is 4. The first-order chi connectivity index (χ1) is 7.04. The van der Waals surface area contributed by atoms with Gasteiger partial charge >= 0.3 is 6.16 Å². The van der Waals surface area contributed by atoms with Crippen LogP contribution in [-0.4, -0.2) is 39.3 Å². The topological polar surface area (TPSA) is 98.0 Å². The Labute approximate surface area is 90.4 Å². The van der Waals surface area contributed by atoms with Crippen LogP contribution in [0.15, 0.2) is 0 Å². The molecule has 0 saturated carbocycles. The Balaban J connectivity index is 0. The van der Waals surface area contributed by atoms with Gasteiger partial charge in [-0.3, -0.25) is 0 Å². The molecule has 0 aromatic heterocycles. The maximum Gasteiger partial charge on any atom is 0.503 e. The standard InChI is InChI=1S/C9H20O2.CH2O3/c1-2-3-4-5-6-9(11)7-8-10;2-1(3)4/h9-11H,2-8H2,1H3;(H2,2,3,4). The van der Waals surface area contributed by atoms with Gasteiger partial charge in [-0.1, -0.05) is 32.6 Å². The van der Waals surface area contributed by atoms with Crippen molar-refractivity contribution in [2.45, 2.75) is 51.6 Å². The molecule has 0 saturated heterocycles. The molecular formula is C10H22O5. The van der Waals surface area contributed by atoms with Gasteiger partial charge in [-0.05, 0) is 12.8 Å². The zero-order valence-corrected chi connectivity index (χ0v) is 9.22. The quantitative estimate of drug-likeness (QED) is 0.493. The molecule has 0 bridgehead atoms. The summed E-state index contributed by atoms with van der Waals surface area (Å²) < 4.78 is 0. The van der Waals surface area contributed by atoms with Gasteiger partial charge < -0.3 is 20.4 Å². The van der Waals surface area contributed by atoms with Crippen molar-refractivity contribution in [2.24, 2.45) is 0 Å². The lowest BCUT2D eigenvalue weighted by Crippen LogP contribution is -2.08. The molecule has 0 aliphatic rings. The number of carboxylic acid groups (broad SMARTS) is 2. The molecule has 0 aliphatic heterocycles. The van der Waals surface area contributed by atoms with Crippen LogP contribution in [0.2, 0.25) is 0 Å². The Morgan fingerprint density at radius 1 is 1.13 bits per heavy atom. The van der Waals surface area contributed by atoms with Crippen LogP contribution in [0.4, 0.5) is 4.79 Å². The van der Waals surface area contributed by atoms with E-state index in [1.165, 1.54) is 19.3 Å². The van der Waals surface area contributed by atoms with Gasteiger partial charge in [-0.2, -0.15) is 0 Å². The fraction of sp³-hybridized carbons (Fsp3) is 0.900. The maximum absolute atomic E-state index is 9.19. The molecule has 0 amide bonds. The van der Waals surface area contributed by atoms with Gasteiger partial charge in [0, 0.05) is 6.61 Å². The first-order valence-corrected chi connectivity index (χ1v) is 5.25. The highest BCUT2D eigenvalue weighted by Crippen LogP contribution is 2.06. The molecule has 0 radical (unpaired) electrons. The number of unbranched alkanes of at least 4 members (excludes halogenated alkanes) is 3. The second-order valence-electron chi connectivity index (χ2n) is 3.30. The second kappa shape index (κ2) is 13.2. The highest BCUT2D eigenvalue weighted by atomic mass is 16.6. The Morgan fingerprint density at radius 3 is 2.07 bits per heavy atom. The number of carbonyl (C=O) groups is 1. The molecule has 0 heterocycles. The van der Waals surface area contributed by atoms with Crippen LogP contribution in [0.3, 0.4) is 0 Å². The number of aliphatic hydroxyl groups is 2. The summed E-state index contributed by atoms with van der Waals surface area (Å²) in [5.41, 5.74) is 0. The van der Waals surface area contributed by atoms with E-state index in [1.54, 1.807) is 0 Å².